The van der Waals surface area contributed by atoms with Gasteiger partial charge < -0.3 is 10.6 Å². The molecular formula is C18H18F2N4O4. The molecule has 28 heavy (non-hydrogen) atoms. The summed E-state index contributed by atoms with van der Waals surface area (Å²) in [6.07, 6.45) is 0.122. The maximum atomic E-state index is 13.7. The lowest BCUT2D eigenvalue weighted by atomic mass is 10.0. The van der Waals surface area contributed by atoms with Crippen LogP contribution >= 0.6 is 0 Å². The molecule has 3 heterocycles. The molecule has 0 saturated carbocycles. The smallest absolute Gasteiger partial charge is 0.276 e. The zero-order valence-corrected chi connectivity index (χ0v) is 14.8. The Bertz CT molecular complexity index is 888. The van der Waals surface area contributed by atoms with Gasteiger partial charge in [-0.15, -0.1) is 0 Å². The Kier molecular flexibility index (Phi) is 4.47. The standard InChI is InChI=1S/C18H18F2N4O4/c19-18(20)8-21-7-13(18)22-6-9-1-2-10-11(5-9)17(28)24(16(10)27)12-3-4-14(25)23-15(12)26/h1-2,5,12-13,21-22H,3-4,6-8H2,(H,23,25,26)/t12?,13-/m1/s1. The van der Waals surface area contributed by atoms with Gasteiger partial charge in [0.25, 0.3) is 17.7 Å². The highest BCUT2D eigenvalue weighted by Gasteiger charge is 2.45. The quantitative estimate of drug-likeness (QED) is 0.612. The topological polar surface area (TPSA) is 108 Å². The van der Waals surface area contributed by atoms with Gasteiger partial charge in [-0.1, -0.05) is 6.07 Å². The maximum absolute atomic E-state index is 13.7. The summed E-state index contributed by atoms with van der Waals surface area (Å²) >= 11 is 0. The molecule has 2 atom stereocenters. The number of alkyl halides is 2. The lowest BCUT2D eigenvalue weighted by Crippen LogP contribution is -2.54. The number of halogens is 2. The van der Waals surface area contributed by atoms with Gasteiger partial charge in [-0.3, -0.25) is 29.4 Å². The Labute approximate surface area is 158 Å². The summed E-state index contributed by atoms with van der Waals surface area (Å²) in [5.74, 6) is -5.19. The van der Waals surface area contributed by atoms with Crippen molar-refractivity contribution in [2.75, 3.05) is 13.1 Å². The van der Waals surface area contributed by atoms with E-state index in [1.807, 2.05) is 0 Å². The Hall–Kier alpha value is -2.72. The van der Waals surface area contributed by atoms with Gasteiger partial charge in [0.15, 0.2) is 0 Å². The number of hydrogen-bond donors (Lipinski definition) is 3. The first-order valence-electron chi connectivity index (χ1n) is 8.94. The Morgan fingerprint density at radius 2 is 1.89 bits per heavy atom. The first kappa shape index (κ1) is 18.6. The molecule has 3 aliphatic rings. The molecule has 148 valence electrons. The molecule has 0 aliphatic carbocycles. The van der Waals surface area contributed by atoms with E-state index in [1.54, 1.807) is 6.07 Å². The van der Waals surface area contributed by atoms with Crippen LogP contribution in [0.4, 0.5) is 8.78 Å². The average Bonchev–Trinajstić information content (AvgIpc) is 3.10. The van der Waals surface area contributed by atoms with Gasteiger partial charge in [-0.2, -0.15) is 0 Å². The monoisotopic (exact) mass is 392 g/mol. The van der Waals surface area contributed by atoms with Gasteiger partial charge >= 0.3 is 0 Å². The Morgan fingerprint density at radius 3 is 2.57 bits per heavy atom. The number of fused-ring (bicyclic) bond motifs is 1. The summed E-state index contributed by atoms with van der Waals surface area (Å²) in [5.41, 5.74) is 0.865. The van der Waals surface area contributed by atoms with Crippen LogP contribution in [0.15, 0.2) is 18.2 Å². The molecule has 10 heteroatoms. The van der Waals surface area contributed by atoms with E-state index in [2.05, 4.69) is 16.0 Å². The van der Waals surface area contributed by atoms with Crippen LogP contribution in [0.1, 0.15) is 39.1 Å². The predicted molar refractivity (Wildman–Crippen MR) is 91.6 cm³/mol. The maximum Gasteiger partial charge on any atom is 0.276 e. The summed E-state index contributed by atoms with van der Waals surface area (Å²) in [6, 6.07) is 2.48. The largest absolute Gasteiger partial charge is 0.309 e. The van der Waals surface area contributed by atoms with Gasteiger partial charge in [-0.25, -0.2) is 8.78 Å². The zero-order chi connectivity index (χ0) is 20.1. The highest BCUT2D eigenvalue weighted by molar-refractivity contribution is 6.23. The lowest BCUT2D eigenvalue weighted by molar-refractivity contribution is -0.136. The van der Waals surface area contributed by atoms with Crippen molar-refractivity contribution in [3.63, 3.8) is 0 Å². The van der Waals surface area contributed by atoms with Crippen molar-refractivity contribution < 1.29 is 28.0 Å². The molecule has 0 spiro atoms. The van der Waals surface area contributed by atoms with Crippen molar-refractivity contribution in [3.8, 4) is 0 Å². The van der Waals surface area contributed by atoms with Crippen molar-refractivity contribution in [3.05, 3.63) is 34.9 Å². The van der Waals surface area contributed by atoms with Crippen LogP contribution in [-0.2, 0) is 16.1 Å². The summed E-state index contributed by atoms with van der Waals surface area (Å²) in [7, 11) is 0. The van der Waals surface area contributed by atoms with Crippen LogP contribution < -0.4 is 16.0 Å². The summed E-state index contributed by atoms with van der Waals surface area (Å²) in [6.45, 7) is -0.142. The van der Waals surface area contributed by atoms with E-state index in [4.69, 9.17) is 0 Å². The first-order valence-corrected chi connectivity index (χ1v) is 8.94. The number of imide groups is 2. The highest BCUT2D eigenvalue weighted by atomic mass is 19.3. The van der Waals surface area contributed by atoms with Crippen LogP contribution in [-0.4, -0.2) is 59.6 Å². The molecule has 1 unspecified atom stereocenters. The zero-order valence-electron chi connectivity index (χ0n) is 14.8. The van der Waals surface area contributed by atoms with E-state index in [-0.39, 0.29) is 43.6 Å². The summed E-state index contributed by atoms with van der Waals surface area (Å²) < 4.78 is 27.3. The number of nitrogens with zero attached hydrogens (tertiary/aromatic N) is 1. The number of hydrogen-bond acceptors (Lipinski definition) is 6. The van der Waals surface area contributed by atoms with E-state index in [0.717, 1.165) is 4.90 Å². The Balaban J connectivity index is 1.51. The second-order valence-corrected chi connectivity index (χ2v) is 7.15. The molecule has 1 aromatic carbocycles. The van der Waals surface area contributed by atoms with Crippen molar-refractivity contribution in [1.82, 2.24) is 20.9 Å². The van der Waals surface area contributed by atoms with E-state index in [0.29, 0.717) is 5.56 Å². The minimum Gasteiger partial charge on any atom is -0.309 e. The molecule has 4 rings (SSSR count). The van der Waals surface area contributed by atoms with Crippen LogP contribution in [0, 0.1) is 0 Å². The SMILES string of the molecule is O=C1CCC(N2C(=O)c3ccc(CN[C@@H]4CNCC4(F)F)cc3C2=O)C(=O)N1. The fourth-order valence-corrected chi connectivity index (χ4v) is 3.75. The normalized spacial score (nSPS) is 26.6. The van der Waals surface area contributed by atoms with Crippen molar-refractivity contribution in [2.24, 2.45) is 0 Å². The van der Waals surface area contributed by atoms with Crippen molar-refractivity contribution >= 4 is 23.6 Å². The third-order valence-electron chi connectivity index (χ3n) is 5.28. The number of carbonyl (C=O) groups is 4. The second-order valence-electron chi connectivity index (χ2n) is 7.15. The molecule has 1 aromatic rings. The Morgan fingerprint density at radius 1 is 1.14 bits per heavy atom. The minimum atomic E-state index is -2.86. The van der Waals surface area contributed by atoms with Gasteiger partial charge in [0.1, 0.15) is 6.04 Å². The number of carbonyl (C=O) groups excluding carboxylic acids is 4. The highest BCUT2D eigenvalue weighted by Crippen LogP contribution is 2.28. The molecule has 2 saturated heterocycles. The molecule has 3 aliphatic heterocycles. The van der Waals surface area contributed by atoms with E-state index >= 15 is 0 Å². The van der Waals surface area contributed by atoms with E-state index in [1.165, 1.54) is 12.1 Å². The van der Waals surface area contributed by atoms with Crippen LogP contribution in [0.5, 0.6) is 0 Å². The van der Waals surface area contributed by atoms with E-state index in [9.17, 15) is 28.0 Å². The fraction of sp³-hybridized carbons (Fsp3) is 0.444. The van der Waals surface area contributed by atoms with Gasteiger partial charge in [0.05, 0.1) is 23.7 Å². The van der Waals surface area contributed by atoms with Gasteiger partial charge in [-0.05, 0) is 24.1 Å². The molecule has 8 nitrogen and oxygen atoms in total. The molecule has 0 aromatic heterocycles. The van der Waals surface area contributed by atoms with Crippen molar-refractivity contribution in [1.29, 1.82) is 0 Å². The lowest BCUT2D eigenvalue weighted by Gasteiger charge is -2.27. The molecule has 2 fully saturated rings. The molecule has 3 N–H and O–H groups in total. The minimum absolute atomic E-state index is 0.0443. The number of nitrogens with one attached hydrogen (secondary N) is 3. The summed E-state index contributed by atoms with van der Waals surface area (Å²) in [4.78, 5) is 49.6. The van der Waals surface area contributed by atoms with Gasteiger partial charge in [0, 0.05) is 19.5 Å². The third-order valence-corrected chi connectivity index (χ3v) is 5.28. The summed E-state index contributed by atoms with van der Waals surface area (Å²) in [5, 5.41) is 7.52. The third kappa shape index (κ3) is 3.08. The van der Waals surface area contributed by atoms with Crippen LogP contribution in [0.3, 0.4) is 0 Å². The van der Waals surface area contributed by atoms with E-state index < -0.39 is 41.6 Å². The number of rotatable bonds is 4. The number of piperidine rings is 1. The average molecular weight is 392 g/mol. The fourth-order valence-electron chi connectivity index (χ4n) is 3.75. The molecule has 0 bridgehead atoms. The van der Waals surface area contributed by atoms with Crippen molar-refractivity contribution in [2.45, 2.75) is 37.4 Å². The number of benzene rings is 1. The predicted octanol–water partition coefficient (Wildman–Crippen LogP) is -0.215. The first-order chi connectivity index (χ1) is 13.3. The molecular weight excluding hydrogens is 374 g/mol. The van der Waals surface area contributed by atoms with Crippen LogP contribution in [0.2, 0.25) is 0 Å². The molecule has 0 radical (unpaired) electrons. The van der Waals surface area contributed by atoms with Gasteiger partial charge in [0.2, 0.25) is 11.8 Å². The number of amides is 4. The van der Waals surface area contributed by atoms with Crippen LogP contribution in [0.25, 0.3) is 0 Å². The second kappa shape index (κ2) is 6.71. The molecule has 4 amide bonds.